The molecular weight excluding hydrogens is 912 g/mol. The molecule has 0 bridgehead atoms. The van der Waals surface area contributed by atoms with Crippen LogP contribution in [-0.4, -0.2) is 119 Å². The van der Waals surface area contributed by atoms with Crippen molar-refractivity contribution in [1.29, 1.82) is 0 Å². The summed E-state index contributed by atoms with van der Waals surface area (Å²) in [6.07, 6.45) is -4.85. The van der Waals surface area contributed by atoms with E-state index >= 15 is 8.78 Å². The van der Waals surface area contributed by atoms with Crippen LogP contribution in [0.2, 0.25) is 0 Å². The summed E-state index contributed by atoms with van der Waals surface area (Å²) in [4.78, 5) is 51.3. The molecule has 2 aliphatic heterocycles. The lowest BCUT2D eigenvalue weighted by Gasteiger charge is -2.41. The number of β-amino-alcohol motifs (C(OH)–C–C–N with tert-alkyl or cyclic N) is 1. The summed E-state index contributed by atoms with van der Waals surface area (Å²) >= 11 is 1.55. The fraction of sp³-hybridized carbons (Fsp3) is 0.469. The van der Waals surface area contributed by atoms with Gasteiger partial charge in [0.2, 0.25) is 17.7 Å². The van der Waals surface area contributed by atoms with Gasteiger partial charge in [-0.2, -0.15) is 13.2 Å². The number of fused-ring (bicyclic) bond motifs is 3. The van der Waals surface area contributed by atoms with E-state index in [-0.39, 0.29) is 64.7 Å². The zero-order chi connectivity index (χ0) is 48.9. The van der Waals surface area contributed by atoms with Gasteiger partial charge in [0.15, 0.2) is 0 Å². The largest absolute Gasteiger partial charge is 0.491 e. The number of hydrogen-bond donors (Lipinski definition) is 4. The van der Waals surface area contributed by atoms with E-state index in [1.54, 1.807) is 62.7 Å². The van der Waals surface area contributed by atoms with Crippen LogP contribution in [0.1, 0.15) is 74.7 Å². The molecule has 19 heteroatoms. The van der Waals surface area contributed by atoms with Gasteiger partial charge in [-0.05, 0) is 54.9 Å². The lowest BCUT2D eigenvalue weighted by Crippen LogP contribution is -2.58. The normalized spacial score (nSPS) is 19.2. The monoisotopic (exact) mass is 968 g/mol. The fourth-order valence-electron chi connectivity index (χ4n) is 8.91. The van der Waals surface area contributed by atoms with Crippen LogP contribution in [0.4, 0.5) is 22.0 Å². The summed E-state index contributed by atoms with van der Waals surface area (Å²) in [6, 6.07) is 12.8. The molecule has 0 aliphatic carbocycles. The molecule has 4 N–H and O–H groups in total. The molecule has 2 aromatic heterocycles. The lowest BCUT2D eigenvalue weighted by atomic mass is 9.85. The number of benzene rings is 3. The van der Waals surface area contributed by atoms with Crippen molar-refractivity contribution in [3.8, 4) is 16.2 Å². The fourth-order valence-corrected chi connectivity index (χ4v) is 9.72. The molecule has 5 atom stereocenters. The second kappa shape index (κ2) is 21.4. The Kier molecular flexibility index (Phi) is 15.9. The van der Waals surface area contributed by atoms with Crippen LogP contribution in [0.5, 0.6) is 5.75 Å². The number of nitrogens with zero attached hydrogens (tertiary/aromatic N) is 3. The first kappa shape index (κ1) is 50.4. The summed E-state index contributed by atoms with van der Waals surface area (Å²) in [5.41, 5.74) is 5.04. The number of alkyl halides is 3. The van der Waals surface area contributed by atoms with E-state index in [1.807, 2.05) is 37.3 Å². The molecule has 13 nitrogen and oxygen atoms in total. The Morgan fingerprint density at radius 3 is 2.37 bits per heavy atom. The predicted octanol–water partition coefficient (Wildman–Crippen LogP) is 7.39. The van der Waals surface area contributed by atoms with Crippen molar-refractivity contribution in [3.63, 3.8) is 0 Å². The summed E-state index contributed by atoms with van der Waals surface area (Å²) in [7, 11) is 0. The molecule has 1 unspecified atom stereocenters. The van der Waals surface area contributed by atoms with Gasteiger partial charge in [0.05, 0.1) is 41.4 Å². The maximum Gasteiger partial charge on any atom is 0.401 e. The molecule has 3 amide bonds. The van der Waals surface area contributed by atoms with Crippen LogP contribution in [0, 0.1) is 24.0 Å². The van der Waals surface area contributed by atoms with Gasteiger partial charge in [-0.1, -0.05) is 63.2 Å². The number of rotatable bonds is 18. The first-order valence-electron chi connectivity index (χ1n) is 22.5. The van der Waals surface area contributed by atoms with Gasteiger partial charge in [-0.3, -0.25) is 19.3 Å². The highest BCUT2D eigenvalue weighted by atomic mass is 32.1. The van der Waals surface area contributed by atoms with E-state index in [1.165, 1.54) is 4.90 Å². The van der Waals surface area contributed by atoms with E-state index < -0.39 is 83.3 Å². The zero-order valence-electron chi connectivity index (χ0n) is 38.6. The Morgan fingerprint density at radius 1 is 0.985 bits per heavy atom. The molecule has 0 radical (unpaired) electrons. The van der Waals surface area contributed by atoms with Crippen molar-refractivity contribution in [2.75, 3.05) is 46.1 Å². The van der Waals surface area contributed by atoms with Crippen molar-refractivity contribution >= 4 is 40.0 Å². The molecular formula is C49H57F5N6O7S. The summed E-state index contributed by atoms with van der Waals surface area (Å²) < 4.78 is 89.8. The maximum absolute atomic E-state index is 15.8. The van der Waals surface area contributed by atoms with Gasteiger partial charge < -0.3 is 39.8 Å². The minimum atomic E-state index is -4.61. The Labute approximate surface area is 395 Å². The lowest BCUT2D eigenvalue weighted by molar-refractivity contribution is -0.155. The van der Waals surface area contributed by atoms with Crippen molar-refractivity contribution in [1.82, 2.24) is 30.4 Å². The summed E-state index contributed by atoms with van der Waals surface area (Å²) in [6.45, 7) is 7.60. The topological polar surface area (TPSA) is 158 Å². The first-order valence-corrected chi connectivity index (χ1v) is 23.4. The molecule has 0 spiro atoms. The van der Waals surface area contributed by atoms with Crippen molar-refractivity contribution < 1.29 is 55.7 Å². The van der Waals surface area contributed by atoms with Gasteiger partial charge in [0.1, 0.15) is 42.7 Å². The standard InChI is InChI=1S/C49H57F5N6O7S/c1-28-19-35-34-9-6-7-10-38(34)57-42(35)43(60(28)26-49(52,53)54)41-36(50)21-33(22-37(41)51)67-18-17-65-15-8-16-66-25-40(62)58-45(48(3,4)5)47(64)59-24-32(61)20-39(59)46(63)55-23-30-11-13-31(14-12-30)44-29(2)56-27-68-44/h6-7,9-14,21-22,27-28,32,39,43,45,57,61H,8,15-20,23-26H2,1-5H3,(H,55,63)(H,58,62)/t28-,32-,39+,43-,45?/m1/s1. The number of para-hydroxylation sites is 1. The number of carbonyl (C=O) groups excluding carboxylic acids is 3. The Hall–Kier alpha value is -5.47. The van der Waals surface area contributed by atoms with E-state index in [9.17, 15) is 32.7 Å². The minimum absolute atomic E-state index is 0.0316. The van der Waals surface area contributed by atoms with Gasteiger partial charge in [0.25, 0.3) is 0 Å². The Morgan fingerprint density at radius 2 is 1.69 bits per heavy atom. The molecule has 1 fully saturated rings. The molecule has 3 aromatic carbocycles. The number of likely N-dealkylation sites (tertiary alicyclic amines) is 1. The predicted molar refractivity (Wildman–Crippen MR) is 246 cm³/mol. The van der Waals surface area contributed by atoms with E-state index in [0.717, 1.165) is 49.7 Å². The number of hydrogen-bond acceptors (Lipinski definition) is 10. The van der Waals surface area contributed by atoms with E-state index in [4.69, 9.17) is 14.2 Å². The number of halogens is 5. The molecule has 2 aliphatic rings. The molecule has 68 heavy (non-hydrogen) atoms. The van der Waals surface area contributed by atoms with Crippen LogP contribution in [0.25, 0.3) is 21.3 Å². The number of ether oxygens (including phenoxy) is 3. The number of aliphatic hydroxyl groups excluding tert-OH is 1. The van der Waals surface area contributed by atoms with Gasteiger partial charge >= 0.3 is 6.18 Å². The highest BCUT2D eigenvalue weighted by Crippen LogP contribution is 2.44. The third kappa shape index (κ3) is 12.0. The van der Waals surface area contributed by atoms with E-state index in [0.29, 0.717) is 17.6 Å². The second-order valence-electron chi connectivity index (χ2n) is 18.4. The molecule has 5 aromatic rings. The van der Waals surface area contributed by atoms with Crippen LogP contribution < -0.4 is 15.4 Å². The third-order valence-electron chi connectivity index (χ3n) is 12.2. The van der Waals surface area contributed by atoms with Crippen molar-refractivity contribution in [2.24, 2.45) is 5.41 Å². The van der Waals surface area contributed by atoms with Crippen LogP contribution in [-0.2, 0) is 36.8 Å². The number of carbonyl (C=O) groups is 3. The van der Waals surface area contributed by atoms with E-state index in [2.05, 4.69) is 20.6 Å². The number of nitrogens with one attached hydrogen (secondary N) is 3. The average Bonchev–Trinajstić information content (AvgIpc) is 4.00. The molecule has 4 heterocycles. The highest BCUT2D eigenvalue weighted by molar-refractivity contribution is 7.13. The number of thiazole rings is 1. The molecule has 366 valence electrons. The quantitative estimate of drug-likeness (QED) is 0.0520. The Balaban J connectivity index is 0.844. The summed E-state index contributed by atoms with van der Waals surface area (Å²) in [5, 5.41) is 17.0. The van der Waals surface area contributed by atoms with Crippen LogP contribution >= 0.6 is 11.3 Å². The minimum Gasteiger partial charge on any atom is -0.491 e. The highest BCUT2D eigenvalue weighted by Gasteiger charge is 2.46. The second-order valence-corrected chi connectivity index (χ2v) is 19.3. The number of aromatic nitrogens is 2. The number of H-pyrrole nitrogens is 1. The summed E-state index contributed by atoms with van der Waals surface area (Å²) in [5.74, 6) is -3.72. The molecule has 0 saturated carbocycles. The smallest absolute Gasteiger partial charge is 0.401 e. The Bertz CT molecular complexity index is 2540. The SMILES string of the molecule is Cc1ncsc1-c1ccc(CNC(=O)[C@@H]2C[C@@H](O)CN2C(=O)C(NC(=O)COCCCOCCOc2cc(F)c([C@@H]3c4[nH]c5ccccc5c4C[C@@H](C)N3CC(F)(F)F)c(F)c2)C(C)(C)C)cc1. The van der Waals surface area contributed by atoms with Gasteiger partial charge in [-0.25, -0.2) is 13.8 Å². The zero-order valence-corrected chi connectivity index (χ0v) is 39.4. The number of amides is 3. The van der Waals surface area contributed by atoms with Crippen LogP contribution in [0.3, 0.4) is 0 Å². The first-order chi connectivity index (χ1) is 32.3. The number of aryl methyl sites for hydroxylation is 1. The maximum atomic E-state index is 15.8. The molecule has 1 saturated heterocycles. The van der Waals surface area contributed by atoms with Crippen molar-refractivity contribution in [3.05, 3.63) is 106 Å². The number of aliphatic hydroxyl groups is 1. The van der Waals surface area contributed by atoms with Gasteiger partial charge in [-0.15, -0.1) is 11.3 Å². The number of aromatic amines is 1. The molecule has 7 rings (SSSR count). The van der Waals surface area contributed by atoms with Crippen LogP contribution in [0.15, 0.2) is 66.2 Å². The van der Waals surface area contributed by atoms with Gasteiger partial charge in [0, 0.05) is 73.1 Å². The third-order valence-corrected chi connectivity index (χ3v) is 13.2. The average molecular weight is 969 g/mol. The van der Waals surface area contributed by atoms with Crippen molar-refractivity contribution in [2.45, 2.75) is 96.9 Å².